The minimum atomic E-state index is -6.04. The highest BCUT2D eigenvalue weighted by Crippen LogP contribution is 2.45. The highest BCUT2D eigenvalue weighted by molar-refractivity contribution is 5.87. The van der Waals surface area contributed by atoms with Crippen molar-refractivity contribution in [1.29, 1.82) is 0 Å². The van der Waals surface area contributed by atoms with Crippen LogP contribution in [0.15, 0.2) is 48.5 Å². The molecule has 0 atom stereocenters. The van der Waals surface area contributed by atoms with Gasteiger partial charge in [0.15, 0.2) is 11.4 Å². The summed E-state index contributed by atoms with van der Waals surface area (Å²) in [7, 11) is 0. The molecule has 0 aliphatic rings. The fourth-order valence-electron chi connectivity index (χ4n) is 4.62. The molecule has 0 spiro atoms. The predicted molar refractivity (Wildman–Crippen MR) is 154 cm³/mol. The lowest BCUT2D eigenvalue weighted by Crippen LogP contribution is -2.35. The van der Waals surface area contributed by atoms with Crippen molar-refractivity contribution in [2.45, 2.75) is 58.0 Å². The zero-order chi connectivity index (χ0) is 35.8. The molecule has 0 saturated carbocycles. The number of ether oxygens (including phenoxy) is 2. The Balaban J connectivity index is 1.48. The van der Waals surface area contributed by atoms with Crippen LogP contribution in [0.4, 0.5) is 26.7 Å². The minimum Gasteiger partial charge on any atom is -0.477 e. The van der Waals surface area contributed by atoms with Gasteiger partial charge in [0.2, 0.25) is 12.6 Å². The van der Waals surface area contributed by atoms with E-state index in [1.54, 1.807) is 55.5 Å². The molecule has 20 heteroatoms. The number of carbonyl (C=O) groups excluding carboxylic acids is 1. The Morgan fingerprint density at radius 1 is 0.939 bits per heavy atom. The van der Waals surface area contributed by atoms with Crippen molar-refractivity contribution < 1.29 is 61.4 Å². The van der Waals surface area contributed by atoms with E-state index in [-0.39, 0.29) is 37.8 Å². The molecule has 0 radical (unpaired) electrons. The number of benzene rings is 2. The molecule has 4 rings (SSSR count). The molecule has 0 unspecified atom stereocenters. The van der Waals surface area contributed by atoms with E-state index in [2.05, 4.69) is 25.2 Å². The number of rotatable bonds is 16. The summed E-state index contributed by atoms with van der Waals surface area (Å²) in [5.74, 6) is -7.49. The minimum absolute atomic E-state index is 0.0133. The second-order valence-corrected chi connectivity index (χ2v) is 10.3. The van der Waals surface area contributed by atoms with Gasteiger partial charge in [0.25, 0.3) is 0 Å². The number of hydrogen-bond donors (Lipinski definition) is 3. The van der Waals surface area contributed by atoms with E-state index in [4.69, 9.17) is 19.9 Å². The average Bonchev–Trinajstić information content (AvgIpc) is 3.67. The molecule has 4 aromatic rings. The number of aromatic carboxylic acids is 1. The zero-order valence-corrected chi connectivity index (χ0v) is 25.7. The maximum atomic E-state index is 14.3. The van der Waals surface area contributed by atoms with E-state index >= 15 is 0 Å². The maximum Gasteiger partial charge on any atom is 0.510 e. The lowest BCUT2D eigenvalue weighted by atomic mass is 9.98. The molecule has 49 heavy (non-hydrogen) atoms. The maximum absolute atomic E-state index is 14.3. The Bertz CT molecular complexity index is 1730. The zero-order valence-electron chi connectivity index (χ0n) is 25.7. The van der Waals surface area contributed by atoms with E-state index in [0.29, 0.717) is 41.5 Å². The lowest BCUT2D eigenvalue weighted by Gasteiger charge is -2.18. The molecule has 0 aliphatic heterocycles. The molecular weight excluding hydrogens is 669 g/mol. The average molecular weight is 700 g/mol. The second-order valence-electron chi connectivity index (χ2n) is 10.3. The number of imidazole rings is 1. The quantitative estimate of drug-likeness (QED) is 0.0580. The number of alkyl halides is 5. The SMILES string of the molecule is CCCc1nc(C(F)(F)C(F)(F)F)c(C(=O)O)n1Cc1ccc(-c2ccccc2-c2nnn(COC(=O)OCCCCON(O)O)n2)cc1. The van der Waals surface area contributed by atoms with Crippen molar-refractivity contribution in [2.24, 2.45) is 0 Å². The van der Waals surface area contributed by atoms with Crippen LogP contribution in [0.5, 0.6) is 0 Å². The van der Waals surface area contributed by atoms with Crippen LogP contribution in [-0.2, 0) is 39.9 Å². The molecule has 0 aliphatic carbocycles. The van der Waals surface area contributed by atoms with Gasteiger partial charge < -0.3 is 19.1 Å². The normalized spacial score (nSPS) is 12.0. The van der Waals surface area contributed by atoms with Gasteiger partial charge in [-0.15, -0.1) is 15.0 Å². The predicted octanol–water partition coefficient (Wildman–Crippen LogP) is 5.46. The third-order valence-corrected chi connectivity index (χ3v) is 6.87. The molecule has 2 heterocycles. The fourth-order valence-corrected chi connectivity index (χ4v) is 4.62. The molecule has 2 aromatic heterocycles. The van der Waals surface area contributed by atoms with Gasteiger partial charge in [-0.25, -0.2) is 14.6 Å². The van der Waals surface area contributed by atoms with Crippen LogP contribution in [0.1, 0.15) is 53.8 Å². The number of unbranched alkanes of at least 4 members (excludes halogenated alkanes) is 1. The third-order valence-electron chi connectivity index (χ3n) is 6.87. The van der Waals surface area contributed by atoms with Gasteiger partial charge in [0, 0.05) is 18.5 Å². The number of aromatic nitrogens is 6. The fraction of sp³-hybridized carbons (Fsp3) is 0.379. The van der Waals surface area contributed by atoms with Crippen molar-refractivity contribution in [3.05, 3.63) is 71.3 Å². The Kier molecular flexibility index (Phi) is 11.9. The number of halogens is 5. The van der Waals surface area contributed by atoms with Crippen molar-refractivity contribution in [3.8, 4) is 22.5 Å². The summed E-state index contributed by atoms with van der Waals surface area (Å²) in [4.78, 5) is 32.6. The highest BCUT2D eigenvalue weighted by Gasteiger charge is 2.62. The number of carbonyl (C=O) groups is 2. The van der Waals surface area contributed by atoms with E-state index in [1.807, 2.05) is 0 Å². The number of nitrogens with zero attached hydrogens (tertiary/aromatic N) is 7. The van der Waals surface area contributed by atoms with E-state index in [1.165, 1.54) is 0 Å². The Morgan fingerprint density at radius 3 is 2.24 bits per heavy atom. The summed E-state index contributed by atoms with van der Waals surface area (Å²) in [6.45, 7) is 0.869. The van der Waals surface area contributed by atoms with Crippen LogP contribution in [-0.4, -0.2) is 82.2 Å². The van der Waals surface area contributed by atoms with Gasteiger partial charge in [-0.3, -0.25) is 15.3 Å². The van der Waals surface area contributed by atoms with Crippen LogP contribution in [0, 0.1) is 0 Å². The number of carboxylic acids is 1. The topological polar surface area (TPSA) is 187 Å². The van der Waals surface area contributed by atoms with Crippen LogP contribution < -0.4 is 0 Å². The first-order valence-electron chi connectivity index (χ1n) is 14.6. The van der Waals surface area contributed by atoms with Crippen LogP contribution in [0.2, 0.25) is 0 Å². The monoisotopic (exact) mass is 699 g/mol. The lowest BCUT2D eigenvalue weighted by molar-refractivity contribution is -0.492. The first-order chi connectivity index (χ1) is 23.2. The van der Waals surface area contributed by atoms with Crippen LogP contribution in [0.25, 0.3) is 22.5 Å². The second kappa shape index (κ2) is 15.9. The van der Waals surface area contributed by atoms with Gasteiger partial charge in [-0.05, 0) is 41.2 Å². The van der Waals surface area contributed by atoms with Crippen LogP contribution in [0.3, 0.4) is 0 Å². The van der Waals surface area contributed by atoms with Crippen molar-refractivity contribution in [1.82, 2.24) is 35.1 Å². The molecule has 0 saturated heterocycles. The molecule has 0 bridgehead atoms. The summed E-state index contributed by atoms with van der Waals surface area (Å²) in [5, 5.41) is 38.2. The largest absolute Gasteiger partial charge is 0.510 e. The molecule has 0 fully saturated rings. The van der Waals surface area contributed by atoms with Gasteiger partial charge in [-0.2, -0.15) is 22.0 Å². The number of carboxylic acid groups (broad SMARTS) is 1. The first kappa shape index (κ1) is 36.8. The third kappa shape index (κ3) is 9.10. The molecular formula is C29H30F5N7O8. The van der Waals surface area contributed by atoms with E-state index in [0.717, 1.165) is 9.36 Å². The molecule has 0 amide bonds. The van der Waals surface area contributed by atoms with Crippen molar-refractivity contribution >= 4 is 12.1 Å². The smallest absolute Gasteiger partial charge is 0.477 e. The van der Waals surface area contributed by atoms with E-state index < -0.39 is 47.7 Å². The molecule has 264 valence electrons. The summed E-state index contributed by atoms with van der Waals surface area (Å²) < 4.78 is 79.0. The van der Waals surface area contributed by atoms with Gasteiger partial charge in [0.05, 0.1) is 18.6 Å². The van der Waals surface area contributed by atoms with Crippen LogP contribution >= 0.6 is 0 Å². The van der Waals surface area contributed by atoms with E-state index in [9.17, 15) is 36.6 Å². The van der Waals surface area contributed by atoms with Gasteiger partial charge in [-0.1, -0.05) is 55.5 Å². The number of hydrogen-bond acceptors (Lipinski definition) is 12. The van der Waals surface area contributed by atoms with Crippen molar-refractivity contribution in [2.75, 3.05) is 13.2 Å². The van der Waals surface area contributed by atoms with Gasteiger partial charge in [0.1, 0.15) is 5.82 Å². The Hall–Kier alpha value is -5.05. The standard InChI is InChI=1S/C29H30F5N7O8/c1-2-7-22-35-24(28(30,31)29(32,33)34)23(26(42)43)39(22)16-18-10-12-19(13-11-18)20-8-3-4-9-21(20)25-36-38-40(37-25)17-48-27(44)47-14-5-6-15-49-41(45)46/h3-4,8-13,45-46H,2,5-7,14-17H2,1H3,(H,42,43). The number of tetrazole rings is 1. The summed E-state index contributed by atoms with van der Waals surface area (Å²) in [5.41, 5.74) is -0.891. The van der Waals surface area contributed by atoms with Crippen molar-refractivity contribution in [3.63, 3.8) is 0 Å². The molecule has 15 nitrogen and oxygen atoms in total. The van der Waals surface area contributed by atoms with Gasteiger partial charge >= 0.3 is 24.2 Å². The number of aryl methyl sites for hydroxylation is 1. The first-order valence-corrected chi connectivity index (χ1v) is 14.6. The Labute approximate surface area is 273 Å². The summed E-state index contributed by atoms with van der Waals surface area (Å²) in [6, 6.07) is 13.4. The summed E-state index contributed by atoms with van der Waals surface area (Å²) >= 11 is 0. The summed E-state index contributed by atoms with van der Waals surface area (Å²) in [6.07, 6.45) is -6.03. The Morgan fingerprint density at radius 2 is 1.61 bits per heavy atom. The molecule has 3 N–H and O–H groups in total. The molecule has 2 aromatic carbocycles. The highest BCUT2D eigenvalue weighted by atomic mass is 19.4.